The molecule has 0 aromatic heterocycles. The van der Waals surface area contributed by atoms with Gasteiger partial charge in [0, 0.05) is 24.7 Å². The van der Waals surface area contributed by atoms with Crippen molar-refractivity contribution < 1.29 is 38.0 Å². The van der Waals surface area contributed by atoms with Crippen LogP contribution in [-0.4, -0.2) is 25.2 Å². The van der Waals surface area contributed by atoms with Gasteiger partial charge in [0.1, 0.15) is 62.6 Å². The van der Waals surface area contributed by atoms with Crippen molar-refractivity contribution in [2.45, 2.75) is 83.2 Å². The average molecular weight is 973 g/mol. The Balaban J connectivity index is 0.781. The van der Waals surface area contributed by atoms with Crippen LogP contribution in [0.25, 0.3) is 0 Å². The molecule has 0 bridgehead atoms. The van der Waals surface area contributed by atoms with Crippen LogP contribution in [0.4, 0.5) is 0 Å². The first-order chi connectivity index (χ1) is 36.0. The summed E-state index contributed by atoms with van der Waals surface area (Å²) < 4.78 is 36.1. The molecule has 0 fully saturated rings. The first kappa shape index (κ1) is 51.3. The van der Waals surface area contributed by atoms with Crippen LogP contribution >= 0.6 is 0 Å². The molecule has 8 aromatic carbocycles. The third-order valence-corrected chi connectivity index (χ3v) is 12.7. The number of unbranched alkanes of at least 4 members (excludes halogenated alkanes) is 4. The third-order valence-electron chi connectivity index (χ3n) is 12.7. The van der Waals surface area contributed by atoms with E-state index in [9.17, 15) is 9.59 Å². The van der Waals surface area contributed by atoms with Gasteiger partial charge in [0.05, 0.1) is 0 Å². The average Bonchev–Trinajstić information content (AvgIpc) is 3.45. The predicted octanol–water partition coefficient (Wildman–Crippen LogP) is 14.8. The van der Waals surface area contributed by atoms with Crippen molar-refractivity contribution in [3.8, 4) is 23.0 Å². The highest BCUT2D eigenvalue weighted by atomic mass is 16.5. The fourth-order valence-electron chi connectivity index (χ4n) is 8.48. The molecular weight excluding hydrogens is 909 g/mol. The standard InChI is InChI=1S/C65H64O8/c66-64(72-48-62(54-28-36-58(37-29-54)68-44-50-18-8-4-9-19-50)55-30-38-59(39-31-55)69-45-51-20-10-5-11-21-51)26-16-2-1-3-17-27-65(67)73-49-63(56-32-40-60(41-33-56)70-46-52-22-12-6-13-23-52)57-34-42-61(43-35-57)71-47-53-24-14-7-15-25-53/h4-15,18-25,28-43,62-63H,1-3,16-17,26-27,44-49H2. The summed E-state index contributed by atoms with van der Waals surface area (Å²) in [6.07, 6.45) is 4.71. The molecule has 8 nitrogen and oxygen atoms in total. The summed E-state index contributed by atoms with van der Waals surface area (Å²) in [4.78, 5) is 26.3. The van der Waals surface area contributed by atoms with Gasteiger partial charge in [0.25, 0.3) is 0 Å². The minimum absolute atomic E-state index is 0.180. The van der Waals surface area contributed by atoms with E-state index in [1.807, 2.05) is 218 Å². The Morgan fingerprint density at radius 3 is 0.767 bits per heavy atom. The van der Waals surface area contributed by atoms with Gasteiger partial charge in [-0.25, -0.2) is 0 Å². The van der Waals surface area contributed by atoms with Gasteiger partial charge >= 0.3 is 11.9 Å². The number of hydrogen-bond acceptors (Lipinski definition) is 8. The molecule has 372 valence electrons. The topological polar surface area (TPSA) is 89.5 Å². The predicted molar refractivity (Wildman–Crippen MR) is 287 cm³/mol. The second kappa shape index (κ2) is 28.1. The molecule has 0 amide bonds. The van der Waals surface area contributed by atoms with Crippen molar-refractivity contribution in [2.75, 3.05) is 13.2 Å². The molecule has 0 spiro atoms. The van der Waals surface area contributed by atoms with Gasteiger partial charge in [-0.2, -0.15) is 0 Å². The third kappa shape index (κ3) is 17.0. The lowest BCUT2D eigenvalue weighted by Gasteiger charge is -2.19. The summed E-state index contributed by atoms with van der Waals surface area (Å²) in [7, 11) is 0. The summed E-state index contributed by atoms with van der Waals surface area (Å²) in [5.74, 6) is 2.27. The lowest BCUT2D eigenvalue weighted by Crippen LogP contribution is -2.14. The van der Waals surface area contributed by atoms with Crippen LogP contribution in [0.2, 0.25) is 0 Å². The Morgan fingerprint density at radius 2 is 0.521 bits per heavy atom. The first-order valence-corrected chi connectivity index (χ1v) is 25.4. The Kier molecular flexibility index (Phi) is 19.7. The molecule has 8 heteroatoms. The Morgan fingerprint density at radius 1 is 0.288 bits per heavy atom. The second-order valence-corrected chi connectivity index (χ2v) is 18.1. The molecule has 0 saturated carbocycles. The van der Waals surface area contributed by atoms with Crippen molar-refractivity contribution >= 4 is 11.9 Å². The highest BCUT2D eigenvalue weighted by molar-refractivity contribution is 5.70. The molecule has 0 radical (unpaired) electrons. The molecule has 0 unspecified atom stereocenters. The smallest absolute Gasteiger partial charge is 0.305 e. The maximum atomic E-state index is 13.1. The number of benzene rings is 8. The lowest BCUT2D eigenvalue weighted by atomic mass is 9.92. The van der Waals surface area contributed by atoms with E-state index in [1.165, 1.54) is 0 Å². The van der Waals surface area contributed by atoms with Gasteiger partial charge in [0.2, 0.25) is 0 Å². The van der Waals surface area contributed by atoms with E-state index in [2.05, 4.69) is 0 Å². The van der Waals surface area contributed by atoms with Gasteiger partial charge in [-0.05, 0) is 106 Å². The number of carbonyl (C=O) groups is 2. The fraction of sp³-hybridized carbons (Fsp3) is 0.231. The number of hydrogen-bond donors (Lipinski definition) is 0. The van der Waals surface area contributed by atoms with E-state index < -0.39 is 0 Å². The number of esters is 2. The molecule has 8 aromatic rings. The largest absolute Gasteiger partial charge is 0.489 e. The summed E-state index contributed by atoms with van der Waals surface area (Å²) in [6.45, 7) is 2.33. The molecule has 8 rings (SSSR count). The number of carbonyl (C=O) groups excluding carboxylic acids is 2. The van der Waals surface area contributed by atoms with Crippen LogP contribution < -0.4 is 18.9 Å². The Labute approximate surface area is 430 Å². The van der Waals surface area contributed by atoms with E-state index in [4.69, 9.17) is 28.4 Å². The summed E-state index contributed by atoms with van der Waals surface area (Å²) in [5.41, 5.74) is 8.46. The minimum atomic E-state index is -0.225. The molecule has 73 heavy (non-hydrogen) atoms. The molecule has 0 aliphatic rings. The van der Waals surface area contributed by atoms with Gasteiger partial charge in [-0.15, -0.1) is 0 Å². The van der Waals surface area contributed by atoms with Crippen LogP contribution in [0.1, 0.15) is 101 Å². The number of ether oxygens (including phenoxy) is 6. The SMILES string of the molecule is O=C(CCCCCCCC(=O)OCC(c1ccc(OCc2ccccc2)cc1)c1ccc(OCc2ccccc2)cc1)OCC(c1ccc(OCc2ccccc2)cc1)c1ccc(OCc2ccccc2)cc1. The highest BCUT2D eigenvalue weighted by Gasteiger charge is 2.20. The Hall–Kier alpha value is -8.10. The monoisotopic (exact) mass is 972 g/mol. The van der Waals surface area contributed by atoms with E-state index >= 15 is 0 Å². The van der Waals surface area contributed by atoms with Crippen LogP contribution in [0.5, 0.6) is 23.0 Å². The van der Waals surface area contributed by atoms with Gasteiger partial charge in [-0.1, -0.05) is 189 Å². The summed E-state index contributed by atoms with van der Waals surface area (Å²) in [6, 6.07) is 72.4. The number of rotatable bonds is 28. The maximum absolute atomic E-state index is 13.1. The molecular formula is C65H64O8. The lowest BCUT2D eigenvalue weighted by molar-refractivity contribution is -0.144. The van der Waals surface area contributed by atoms with Crippen molar-refractivity contribution in [1.82, 2.24) is 0 Å². The van der Waals surface area contributed by atoms with Gasteiger partial charge < -0.3 is 28.4 Å². The zero-order valence-corrected chi connectivity index (χ0v) is 41.4. The van der Waals surface area contributed by atoms with Crippen LogP contribution in [0, 0.1) is 0 Å². The van der Waals surface area contributed by atoms with Crippen LogP contribution in [0.3, 0.4) is 0 Å². The van der Waals surface area contributed by atoms with Crippen molar-refractivity contribution in [2.24, 2.45) is 0 Å². The first-order valence-electron chi connectivity index (χ1n) is 25.4. The molecule has 0 aliphatic heterocycles. The molecule has 0 atom stereocenters. The summed E-state index contributed by atoms with van der Waals surface area (Å²) in [5, 5.41) is 0. The van der Waals surface area contributed by atoms with Crippen molar-refractivity contribution in [3.63, 3.8) is 0 Å². The second-order valence-electron chi connectivity index (χ2n) is 18.1. The van der Waals surface area contributed by atoms with E-state index in [0.717, 1.165) is 86.8 Å². The van der Waals surface area contributed by atoms with Crippen LogP contribution in [-0.2, 0) is 45.5 Å². The highest BCUT2D eigenvalue weighted by Crippen LogP contribution is 2.31. The fourth-order valence-corrected chi connectivity index (χ4v) is 8.48. The molecule has 0 saturated heterocycles. The van der Waals surface area contributed by atoms with E-state index in [0.29, 0.717) is 52.1 Å². The quantitative estimate of drug-likeness (QED) is 0.0354. The van der Waals surface area contributed by atoms with E-state index in [1.54, 1.807) is 0 Å². The van der Waals surface area contributed by atoms with Gasteiger partial charge in [0.15, 0.2) is 0 Å². The maximum Gasteiger partial charge on any atom is 0.305 e. The molecule has 0 heterocycles. The summed E-state index contributed by atoms with van der Waals surface area (Å²) >= 11 is 0. The van der Waals surface area contributed by atoms with E-state index in [-0.39, 0.29) is 37.0 Å². The Bertz CT molecular complexity index is 2450. The zero-order valence-electron chi connectivity index (χ0n) is 41.4. The van der Waals surface area contributed by atoms with Crippen molar-refractivity contribution in [1.29, 1.82) is 0 Å². The zero-order chi connectivity index (χ0) is 50.1. The molecule has 0 aliphatic carbocycles. The van der Waals surface area contributed by atoms with Crippen molar-refractivity contribution in [3.05, 3.63) is 263 Å². The normalized spacial score (nSPS) is 11.0. The molecule has 0 N–H and O–H groups in total. The van der Waals surface area contributed by atoms with Gasteiger partial charge in [-0.3, -0.25) is 9.59 Å². The van der Waals surface area contributed by atoms with Crippen LogP contribution in [0.15, 0.2) is 218 Å². The minimum Gasteiger partial charge on any atom is -0.489 e.